The molecule has 0 aliphatic heterocycles. The van der Waals surface area contributed by atoms with Crippen LogP contribution >= 0.6 is 0 Å². The van der Waals surface area contributed by atoms with Gasteiger partial charge in [0, 0.05) is 23.5 Å². The molecule has 1 aromatic heterocycles. The Morgan fingerprint density at radius 1 is 0.816 bits per heavy atom. The SMILES string of the molecule is COC(=O)Nc1ccc(NC(=O)Cn2cc[n+](CC(=O)Nc3ccc(NC(=O)OC)cc3O)c2)c(O)c1.[Cl-]. The summed E-state index contributed by atoms with van der Waals surface area (Å²) < 4.78 is 12.0. The molecule has 15 heteroatoms. The maximum atomic E-state index is 12.4. The van der Waals surface area contributed by atoms with Gasteiger partial charge in [-0.3, -0.25) is 20.2 Å². The topological polar surface area (TPSA) is 184 Å². The third-order valence-electron chi connectivity index (χ3n) is 4.81. The van der Waals surface area contributed by atoms with Crippen LogP contribution in [0.5, 0.6) is 11.5 Å². The van der Waals surface area contributed by atoms with Crippen LogP contribution in [0.2, 0.25) is 0 Å². The van der Waals surface area contributed by atoms with Crippen LogP contribution in [0.4, 0.5) is 32.3 Å². The molecule has 14 nitrogen and oxygen atoms in total. The van der Waals surface area contributed by atoms with Crippen molar-refractivity contribution in [1.29, 1.82) is 0 Å². The van der Waals surface area contributed by atoms with Gasteiger partial charge >= 0.3 is 12.2 Å². The molecule has 1 heterocycles. The molecule has 202 valence electrons. The number of anilines is 4. The number of benzene rings is 2. The molecule has 0 atom stereocenters. The maximum Gasteiger partial charge on any atom is 0.411 e. The highest BCUT2D eigenvalue weighted by Crippen LogP contribution is 2.27. The molecular weight excluding hydrogens is 524 g/mol. The summed E-state index contributed by atoms with van der Waals surface area (Å²) in [6.45, 7) is -0.211. The predicted molar refractivity (Wildman–Crippen MR) is 130 cm³/mol. The summed E-state index contributed by atoms with van der Waals surface area (Å²) in [4.78, 5) is 47.3. The van der Waals surface area contributed by atoms with Crippen LogP contribution in [0.15, 0.2) is 55.1 Å². The van der Waals surface area contributed by atoms with Gasteiger partial charge in [0.2, 0.25) is 6.33 Å². The van der Waals surface area contributed by atoms with Crippen LogP contribution in [0.3, 0.4) is 0 Å². The number of carbonyl (C=O) groups is 4. The average Bonchev–Trinajstić information content (AvgIpc) is 3.28. The number of halogens is 1. The van der Waals surface area contributed by atoms with Crippen molar-refractivity contribution < 1.29 is 55.8 Å². The zero-order valence-electron chi connectivity index (χ0n) is 20.2. The molecule has 0 fully saturated rings. The fraction of sp³-hybridized carbons (Fsp3) is 0.174. The summed E-state index contributed by atoms with van der Waals surface area (Å²) in [6, 6.07) is 8.33. The number of nitrogens with zero attached hydrogens (tertiary/aromatic N) is 2. The van der Waals surface area contributed by atoms with E-state index < -0.39 is 24.0 Å². The molecule has 6 N–H and O–H groups in total. The normalized spacial score (nSPS) is 9.95. The minimum Gasteiger partial charge on any atom is -1.00 e. The van der Waals surface area contributed by atoms with Gasteiger partial charge in [0.05, 0.1) is 25.6 Å². The lowest BCUT2D eigenvalue weighted by molar-refractivity contribution is -0.683. The number of ether oxygens (including phenoxy) is 2. The van der Waals surface area contributed by atoms with Gasteiger partial charge in [-0.1, -0.05) is 0 Å². The molecule has 0 saturated carbocycles. The number of phenolic OH excluding ortho intramolecular Hbond substituents is 2. The number of hydrogen-bond acceptors (Lipinski definition) is 8. The number of amides is 4. The summed E-state index contributed by atoms with van der Waals surface area (Å²) in [5.74, 6) is -1.39. The quantitative estimate of drug-likeness (QED) is 0.150. The smallest absolute Gasteiger partial charge is 0.411 e. The minimum absolute atomic E-state index is 0. The Morgan fingerprint density at radius 2 is 1.32 bits per heavy atom. The van der Waals surface area contributed by atoms with E-state index in [0.717, 1.165) is 0 Å². The lowest BCUT2D eigenvalue weighted by Crippen LogP contribution is -3.00. The van der Waals surface area contributed by atoms with E-state index in [2.05, 4.69) is 30.7 Å². The van der Waals surface area contributed by atoms with E-state index in [0.29, 0.717) is 0 Å². The lowest BCUT2D eigenvalue weighted by atomic mass is 10.2. The molecular formula is C23H25ClN6O8. The van der Waals surface area contributed by atoms with Crippen LogP contribution in [0.25, 0.3) is 0 Å². The molecule has 0 bridgehead atoms. The van der Waals surface area contributed by atoms with Crippen molar-refractivity contribution in [3.63, 3.8) is 0 Å². The molecule has 38 heavy (non-hydrogen) atoms. The monoisotopic (exact) mass is 548 g/mol. The fourth-order valence-corrected chi connectivity index (χ4v) is 3.10. The lowest BCUT2D eigenvalue weighted by Gasteiger charge is -2.09. The van der Waals surface area contributed by atoms with E-state index in [1.54, 1.807) is 12.4 Å². The van der Waals surface area contributed by atoms with Gasteiger partial charge in [-0.2, -0.15) is 0 Å². The Kier molecular flexibility index (Phi) is 10.3. The maximum absolute atomic E-state index is 12.4. The Labute approximate surface area is 222 Å². The van der Waals surface area contributed by atoms with Gasteiger partial charge in [0.1, 0.15) is 23.9 Å². The molecule has 2 aromatic carbocycles. The van der Waals surface area contributed by atoms with E-state index in [9.17, 15) is 29.4 Å². The number of rotatable bonds is 8. The van der Waals surface area contributed by atoms with Crippen molar-refractivity contribution in [3.8, 4) is 11.5 Å². The summed E-state index contributed by atoms with van der Waals surface area (Å²) in [5, 5.41) is 30.1. The second-order valence-corrected chi connectivity index (χ2v) is 7.55. The molecule has 0 saturated heterocycles. The Bertz CT molecular complexity index is 1230. The molecule has 0 aliphatic carbocycles. The second-order valence-electron chi connectivity index (χ2n) is 7.55. The summed E-state index contributed by atoms with van der Waals surface area (Å²) in [6.07, 6.45) is 3.30. The first-order valence-corrected chi connectivity index (χ1v) is 10.7. The van der Waals surface area contributed by atoms with Crippen molar-refractivity contribution in [2.75, 3.05) is 35.5 Å². The number of nitrogens with one attached hydrogen (secondary N) is 4. The first-order chi connectivity index (χ1) is 17.7. The van der Waals surface area contributed by atoms with Crippen molar-refractivity contribution in [3.05, 3.63) is 55.1 Å². The number of phenols is 2. The summed E-state index contributed by atoms with van der Waals surface area (Å²) in [5.41, 5.74) is 0.864. The number of hydrogen-bond donors (Lipinski definition) is 6. The zero-order valence-corrected chi connectivity index (χ0v) is 21.0. The van der Waals surface area contributed by atoms with Gasteiger partial charge in [-0.05, 0) is 24.3 Å². The highest BCUT2D eigenvalue weighted by atomic mass is 35.5. The fourth-order valence-electron chi connectivity index (χ4n) is 3.10. The third kappa shape index (κ3) is 8.30. The van der Waals surface area contributed by atoms with Crippen LogP contribution in [-0.4, -0.2) is 53.0 Å². The molecule has 0 radical (unpaired) electrons. The van der Waals surface area contributed by atoms with Crippen LogP contribution in [0.1, 0.15) is 0 Å². The van der Waals surface area contributed by atoms with Crippen molar-refractivity contribution in [1.82, 2.24) is 4.57 Å². The summed E-state index contributed by atoms with van der Waals surface area (Å²) >= 11 is 0. The van der Waals surface area contributed by atoms with E-state index >= 15 is 0 Å². The van der Waals surface area contributed by atoms with Gasteiger partial charge in [-0.25, -0.2) is 18.7 Å². The highest BCUT2D eigenvalue weighted by molar-refractivity contribution is 5.94. The molecule has 0 spiro atoms. The molecule has 3 rings (SSSR count). The van der Waals surface area contributed by atoms with Crippen molar-refractivity contribution in [2.24, 2.45) is 0 Å². The zero-order chi connectivity index (χ0) is 26.9. The Morgan fingerprint density at radius 3 is 1.79 bits per heavy atom. The van der Waals surface area contributed by atoms with E-state index in [-0.39, 0.29) is 59.7 Å². The van der Waals surface area contributed by atoms with Crippen LogP contribution < -0.4 is 38.2 Å². The minimum atomic E-state index is -0.701. The number of methoxy groups -OCH3 is 2. The van der Waals surface area contributed by atoms with Gasteiger partial charge in [-0.15, -0.1) is 0 Å². The van der Waals surface area contributed by atoms with Gasteiger partial charge in [0.15, 0.2) is 13.1 Å². The van der Waals surface area contributed by atoms with Gasteiger partial charge < -0.3 is 42.7 Å². The Balaban J connectivity index is 0.00000507. The van der Waals surface area contributed by atoms with E-state index in [1.165, 1.54) is 66.1 Å². The van der Waals surface area contributed by atoms with Gasteiger partial charge in [0.25, 0.3) is 11.8 Å². The van der Waals surface area contributed by atoms with Crippen LogP contribution in [-0.2, 0) is 32.2 Å². The first kappa shape index (κ1) is 29.3. The second kappa shape index (κ2) is 13.4. The molecule has 0 unspecified atom stereocenters. The molecule has 0 aliphatic rings. The van der Waals surface area contributed by atoms with E-state index in [1.807, 2.05) is 0 Å². The molecule has 3 aromatic rings. The predicted octanol–water partition coefficient (Wildman–Crippen LogP) is -1.18. The average molecular weight is 549 g/mol. The third-order valence-corrected chi connectivity index (χ3v) is 4.81. The Hall–Kier alpha value is -4.98. The van der Waals surface area contributed by atoms with Crippen LogP contribution in [0, 0.1) is 0 Å². The van der Waals surface area contributed by atoms with Crippen molar-refractivity contribution >= 4 is 46.8 Å². The first-order valence-electron chi connectivity index (χ1n) is 10.7. The number of carbonyl (C=O) groups excluding carboxylic acids is 4. The molecule has 4 amide bonds. The van der Waals surface area contributed by atoms with E-state index in [4.69, 9.17) is 0 Å². The standard InChI is InChI=1S/C23H24N6O8.ClH/c1-36-22(34)24-14-3-5-16(18(30)9-14)26-20(32)11-28-7-8-29(13-28)12-21(33)27-17-6-4-15(10-19(17)31)25-23(35)37-2;/h3-10,13H,11-12H2,1-2H3,(H5-,24,25,26,27,30,31,32,33,34,35);1H. The van der Waals surface area contributed by atoms with Crippen molar-refractivity contribution in [2.45, 2.75) is 13.1 Å². The number of aromatic hydroxyl groups is 2. The largest absolute Gasteiger partial charge is 1.00 e. The highest BCUT2D eigenvalue weighted by Gasteiger charge is 2.15. The summed E-state index contributed by atoms with van der Waals surface area (Å²) in [7, 11) is 2.41. The number of aromatic nitrogens is 2. The number of imidazole rings is 1.